The van der Waals surface area contributed by atoms with Crippen LogP contribution in [-0.4, -0.2) is 45.7 Å². The molecule has 0 aromatic heterocycles. The minimum absolute atomic E-state index is 0.0945. The minimum Gasteiger partial charge on any atom is -0.457 e. The Hall–Kier alpha value is -1.73. The van der Waals surface area contributed by atoms with Gasteiger partial charge in [0.2, 0.25) is 0 Å². The van der Waals surface area contributed by atoms with Crippen LogP contribution >= 0.6 is 0 Å². The molecule has 1 fully saturated rings. The largest absolute Gasteiger partial charge is 0.457 e. The van der Waals surface area contributed by atoms with Crippen molar-refractivity contribution in [1.29, 1.82) is 0 Å². The number of ether oxygens (including phenoxy) is 2. The fraction of sp³-hybridized carbons (Fsp3) is 0.615. The maximum atomic E-state index is 11.8. The molecule has 0 bridgehead atoms. The molecule has 0 amide bonds. The number of rotatable bonds is 2. The lowest BCUT2D eigenvalue weighted by Gasteiger charge is -2.31. The van der Waals surface area contributed by atoms with Gasteiger partial charge in [-0.15, -0.1) is 0 Å². The Balaban J connectivity index is 2.47. The second kappa shape index (κ2) is 4.68. The summed E-state index contributed by atoms with van der Waals surface area (Å²) in [5, 5.41) is 20.7. The smallest absolute Gasteiger partial charge is 0.317 e. The summed E-state index contributed by atoms with van der Waals surface area (Å²) in [5.74, 6) is -3.96. The molecule has 1 aliphatic carbocycles. The third kappa shape index (κ3) is 2.03. The van der Waals surface area contributed by atoms with Crippen molar-refractivity contribution < 1.29 is 34.1 Å². The number of hydrogen-bond donors (Lipinski definition) is 2. The Morgan fingerprint density at radius 2 is 2.00 bits per heavy atom. The Morgan fingerprint density at radius 1 is 1.40 bits per heavy atom. The van der Waals surface area contributed by atoms with Crippen molar-refractivity contribution in [2.75, 3.05) is 0 Å². The third-order valence-corrected chi connectivity index (χ3v) is 3.86. The molecule has 0 aromatic carbocycles. The first-order valence-electron chi connectivity index (χ1n) is 6.17. The van der Waals surface area contributed by atoms with Gasteiger partial charge in [0.15, 0.2) is 11.9 Å². The van der Waals surface area contributed by atoms with Gasteiger partial charge in [-0.05, 0) is 13.8 Å². The van der Waals surface area contributed by atoms with E-state index < -0.39 is 41.6 Å². The van der Waals surface area contributed by atoms with Crippen LogP contribution in [0.5, 0.6) is 0 Å². The first kappa shape index (κ1) is 14.7. The standard InChI is InChI=1S/C13H16O7/c1-5(14)7-4-19-12(17)9-8(7)10(16)11(13(9,3)18)20-6(2)15/h4,8-11,16,18H,1-3H3/t8-,9-,10+,11+,13-/m1/s1. The van der Waals surface area contributed by atoms with Crippen molar-refractivity contribution in [3.8, 4) is 0 Å². The van der Waals surface area contributed by atoms with Gasteiger partial charge in [0.1, 0.15) is 18.0 Å². The average molecular weight is 284 g/mol. The molecule has 0 spiro atoms. The van der Waals surface area contributed by atoms with E-state index in [0.717, 1.165) is 13.2 Å². The van der Waals surface area contributed by atoms with E-state index in [2.05, 4.69) is 0 Å². The first-order valence-corrected chi connectivity index (χ1v) is 6.17. The summed E-state index contributed by atoms with van der Waals surface area (Å²) in [7, 11) is 0. The lowest BCUT2D eigenvalue weighted by molar-refractivity contribution is -0.174. The molecule has 110 valence electrons. The SMILES string of the molecule is CC(=O)O[C@H]1[C@@H](O)[C@@H]2C(C(C)=O)=COC(=O)[C@@H]2[C@@]1(C)O. The second-order valence-corrected chi connectivity index (χ2v) is 5.32. The van der Waals surface area contributed by atoms with E-state index in [0.29, 0.717) is 0 Å². The second-order valence-electron chi connectivity index (χ2n) is 5.32. The van der Waals surface area contributed by atoms with E-state index in [1.807, 2.05) is 0 Å². The van der Waals surface area contributed by atoms with Gasteiger partial charge in [-0.1, -0.05) is 0 Å². The van der Waals surface area contributed by atoms with Gasteiger partial charge < -0.3 is 19.7 Å². The summed E-state index contributed by atoms with van der Waals surface area (Å²) in [6.45, 7) is 3.67. The van der Waals surface area contributed by atoms with Crippen LogP contribution < -0.4 is 0 Å². The van der Waals surface area contributed by atoms with Gasteiger partial charge in [0, 0.05) is 18.4 Å². The summed E-state index contributed by atoms with van der Waals surface area (Å²) in [6, 6.07) is 0. The molecule has 1 aliphatic heterocycles. The zero-order valence-corrected chi connectivity index (χ0v) is 11.3. The van der Waals surface area contributed by atoms with E-state index >= 15 is 0 Å². The fourth-order valence-corrected chi connectivity index (χ4v) is 2.98. The van der Waals surface area contributed by atoms with Crippen molar-refractivity contribution in [2.24, 2.45) is 11.8 Å². The molecule has 1 saturated carbocycles. The van der Waals surface area contributed by atoms with Crippen LogP contribution in [0.1, 0.15) is 20.8 Å². The van der Waals surface area contributed by atoms with Crippen LogP contribution in [0.15, 0.2) is 11.8 Å². The Labute approximate surface area is 115 Å². The maximum absolute atomic E-state index is 11.8. The predicted octanol–water partition coefficient (Wildman–Crippen LogP) is -0.694. The molecule has 20 heavy (non-hydrogen) atoms. The van der Waals surface area contributed by atoms with Crippen LogP contribution in [0, 0.1) is 11.8 Å². The number of cyclic esters (lactones) is 1. The lowest BCUT2D eigenvalue weighted by Crippen LogP contribution is -2.48. The molecule has 7 heteroatoms. The Kier molecular flexibility index (Phi) is 3.43. The van der Waals surface area contributed by atoms with Crippen molar-refractivity contribution in [1.82, 2.24) is 0 Å². The summed E-state index contributed by atoms with van der Waals surface area (Å²) in [6.07, 6.45) is -1.67. The lowest BCUT2D eigenvalue weighted by atomic mass is 9.80. The fourth-order valence-electron chi connectivity index (χ4n) is 2.98. The third-order valence-electron chi connectivity index (χ3n) is 3.86. The molecule has 0 unspecified atom stereocenters. The number of fused-ring (bicyclic) bond motifs is 1. The number of carbonyl (C=O) groups excluding carboxylic acids is 3. The molecule has 7 nitrogen and oxygen atoms in total. The normalized spacial score (nSPS) is 39.6. The summed E-state index contributed by atoms with van der Waals surface area (Å²) in [4.78, 5) is 34.5. The van der Waals surface area contributed by atoms with Gasteiger partial charge in [-0.25, -0.2) is 0 Å². The number of carbonyl (C=O) groups is 3. The molecule has 5 atom stereocenters. The maximum Gasteiger partial charge on any atom is 0.317 e. The number of aliphatic hydroxyl groups is 2. The van der Waals surface area contributed by atoms with Crippen LogP contribution in [0.3, 0.4) is 0 Å². The topological polar surface area (TPSA) is 110 Å². The highest BCUT2D eigenvalue weighted by atomic mass is 16.6. The number of esters is 2. The monoisotopic (exact) mass is 284 g/mol. The van der Waals surface area contributed by atoms with Crippen molar-refractivity contribution in [2.45, 2.75) is 38.6 Å². The molecule has 0 saturated heterocycles. The van der Waals surface area contributed by atoms with Crippen molar-refractivity contribution in [3.63, 3.8) is 0 Å². The Morgan fingerprint density at radius 3 is 2.50 bits per heavy atom. The molecule has 2 rings (SSSR count). The van der Waals surface area contributed by atoms with Crippen LogP contribution in [0.4, 0.5) is 0 Å². The highest BCUT2D eigenvalue weighted by Crippen LogP contribution is 2.48. The van der Waals surface area contributed by atoms with E-state index in [1.165, 1.54) is 13.8 Å². The predicted molar refractivity (Wildman–Crippen MR) is 64.0 cm³/mol. The quantitative estimate of drug-likeness (QED) is 0.645. The van der Waals surface area contributed by atoms with Crippen molar-refractivity contribution in [3.05, 3.63) is 11.8 Å². The Bertz CT molecular complexity index is 505. The van der Waals surface area contributed by atoms with Gasteiger partial charge >= 0.3 is 11.9 Å². The van der Waals surface area contributed by atoms with Crippen LogP contribution in [-0.2, 0) is 23.9 Å². The summed E-state index contributed by atoms with van der Waals surface area (Å²) >= 11 is 0. The highest BCUT2D eigenvalue weighted by molar-refractivity contribution is 5.96. The van der Waals surface area contributed by atoms with Gasteiger partial charge in [-0.2, -0.15) is 0 Å². The summed E-state index contributed by atoms with van der Waals surface area (Å²) in [5.41, 5.74) is -1.72. The average Bonchev–Trinajstić information content (AvgIpc) is 2.51. The molecule has 0 aromatic rings. The molecule has 0 radical (unpaired) electrons. The number of hydrogen-bond acceptors (Lipinski definition) is 7. The molecular weight excluding hydrogens is 268 g/mol. The van der Waals surface area contributed by atoms with Crippen molar-refractivity contribution >= 4 is 17.7 Å². The van der Waals surface area contributed by atoms with Gasteiger partial charge in [0.05, 0.1) is 5.92 Å². The molecule has 2 N–H and O–H groups in total. The minimum atomic E-state index is -1.82. The molecule has 1 heterocycles. The van der Waals surface area contributed by atoms with E-state index in [9.17, 15) is 24.6 Å². The van der Waals surface area contributed by atoms with E-state index in [1.54, 1.807) is 0 Å². The van der Waals surface area contributed by atoms with Crippen LogP contribution in [0.2, 0.25) is 0 Å². The highest BCUT2D eigenvalue weighted by Gasteiger charge is 2.64. The van der Waals surface area contributed by atoms with Crippen LogP contribution in [0.25, 0.3) is 0 Å². The number of Topliss-reactive ketones (excluding diaryl/α,β-unsaturated/α-hetero) is 1. The number of aliphatic hydroxyl groups excluding tert-OH is 1. The zero-order chi connectivity index (χ0) is 15.2. The summed E-state index contributed by atoms with van der Waals surface area (Å²) < 4.78 is 9.69. The van der Waals surface area contributed by atoms with Gasteiger partial charge in [-0.3, -0.25) is 14.4 Å². The molecule has 2 aliphatic rings. The van der Waals surface area contributed by atoms with E-state index in [-0.39, 0.29) is 11.4 Å². The first-order chi connectivity index (χ1) is 9.17. The van der Waals surface area contributed by atoms with Gasteiger partial charge in [0.25, 0.3) is 0 Å². The zero-order valence-electron chi connectivity index (χ0n) is 11.3. The number of ketones is 1. The van der Waals surface area contributed by atoms with E-state index in [4.69, 9.17) is 9.47 Å². The molecular formula is C13H16O7.